The Labute approximate surface area is 251 Å². The number of carbonyl (C=O) groups excluding carboxylic acids is 1. The quantitative estimate of drug-likeness (QED) is 0.291. The average Bonchev–Trinajstić information content (AvgIpc) is 3.54. The fourth-order valence-corrected chi connectivity index (χ4v) is 7.50. The minimum Gasteiger partial charge on any atom is -0.462 e. The van der Waals surface area contributed by atoms with Crippen LogP contribution in [-0.2, 0) is 35.4 Å². The van der Waals surface area contributed by atoms with Crippen molar-refractivity contribution in [2.45, 2.75) is 69.5 Å². The van der Waals surface area contributed by atoms with Crippen LogP contribution in [0.3, 0.4) is 0 Å². The zero-order chi connectivity index (χ0) is 30.7. The van der Waals surface area contributed by atoms with Gasteiger partial charge in [-0.15, -0.1) is 0 Å². The van der Waals surface area contributed by atoms with Crippen LogP contribution in [0.5, 0.6) is 0 Å². The van der Waals surface area contributed by atoms with Crippen molar-refractivity contribution in [3.8, 4) is 0 Å². The number of hydrogen-bond acceptors (Lipinski definition) is 10. The number of aromatic nitrogens is 1. The van der Waals surface area contributed by atoms with Crippen molar-refractivity contribution in [3.05, 3.63) is 60.0 Å². The summed E-state index contributed by atoms with van der Waals surface area (Å²) in [5, 5.41) is 21.9. The highest BCUT2D eigenvalue weighted by molar-refractivity contribution is 7.89. The van der Waals surface area contributed by atoms with Crippen molar-refractivity contribution in [1.82, 2.24) is 9.29 Å². The minimum atomic E-state index is -4.03. The van der Waals surface area contributed by atoms with Gasteiger partial charge < -0.3 is 28.8 Å². The topological polar surface area (TPSA) is 149 Å². The molecule has 234 valence electrons. The number of nitrogens with zero attached hydrogens (tertiary/aromatic N) is 2. The van der Waals surface area contributed by atoms with Crippen molar-refractivity contribution in [1.29, 1.82) is 0 Å². The number of aryl methyl sites for hydroxylation is 1. The number of aliphatic hydroxyl groups is 2. The van der Waals surface area contributed by atoms with Gasteiger partial charge in [0, 0.05) is 38.4 Å². The van der Waals surface area contributed by atoms with E-state index in [1.165, 1.54) is 16.4 Å². The second-order valence-electron chi connectivity index (χ2n) is 11.8. The van der Waals surface area contributed by atoms with Crippen LogP contribution in [0.1, 0.15) is 38.1 Å². The molecule has 2 aliphatic heterocycles. The lowest BCUT2D eigenvalue weighted by atomic mass is 9.90. The molecule has 5 rings (SSSR count). The summed E-state index contributed by atoms with van der Waals surface area (Å²) in [4.78, 5) is 17.6. The first-order chi connectivity index (χ1) is 20.5. The van der Waals surface area contributed by atoms with E-state index in [4.69, 9.17) is 18.6 Å². The van der Waals surface area contributed by atoms with Crippen molar-refractivity contribution >= 4 is 27.1 Å². The maximum atomic E-state index is 13.9. The zero-order valence-corrected chi connectivity index (χ0v) is 25.5. The van der Waals surface area contributed by atoms with Crippen molar-refractivity contribution in [2.24, 2.45) is 17.8 Å². The van der Waals surface area contributed by atoms with Crippen molar-refractivity contribution < 1.29 is 42.1 Å². The molecule has 0 bridgehead atoms. The second-order valence-corrected chi connectivity index (χ2v) is 13.8. The van der Waals surface area contributed by atoms with E-state index in [9.17, 15) is 23.4 Å². The first-order valence-corrected chi connectivity index (χ1v) is 16.2. The Hall–Kier alpha value is -2.87. The molecule has 43 heavy (non-hydrogen) atoms. The van der Waals surface area contributed by atoms with E-state index in [-0.39, 0.29) is 36.9 Å². The van der Waals surface area contributed by atoms with Crippen LogP contribution in [0, 0.1) is 24.7 Å². The molecule has 2 N–H and O–H groups in total. The zero-order valence-electron chi connectivity index (χ0n) is 24.7. The largest absolute Gasteiger partial charge is 0.462 e. The highest BCUT2D eigenvalue weighted by Gasteiger charge is 2.47. The third kappa shape index (κ3) is 7.44. The van der Waals surface area contributed by atoms with Gasteiger partial charge in [0.05, 0.1) is 42.7 Å². The Kier molecular flexibility index (Phi) is 9.84. The van der Waals surface area contributed by atoms with Crippen LogP contribution < -0.4 is 0 Å². The highest BCUT2D eigenvalue weighted by atomic mass is 32.2. The Morgan fingerprint density at radius 1 is 1.14 bits per heavy atom. The Bertz CT molecular complexity index is 1490. The summed E-state index contributed by atoms with van der Waals surface area (Å²) in [6, 6.07) is 14.0. The number of hydrogen-bond donors (Lipinski definition) is 2. The van der Waals surface area contributed by atoms with E-state index in [0.29, 0.717) is 36.4 Å². The molecule has 0 aliphatic carbocycles. The van der Waals surface area contributed by atoms with Gasteiger partial charge in [0.1, 0.15) is 11.6 Å². The molecule has 2 aliphatic rings. The summed E-state index contributed by atoms with van der Waals surface area (Å²) in [5.41, 5.74) is 1.82. The van der Waals surface area contributed by atoms with Crippen LogP contribution in [0.4, 0.5) is 0 Å². The summed E-state index contributed by atoms with van der Waals surface area (Å²) in [6.45, 7) is 5.90. The van der Waals surface area contributed by atoms with Crippen molar-refractivity contribution in [3.63, 3.8) is 0 Å². The Morgan fingerprint density at radius 3 is 2.65 bits per heavy atom. The number of oxazole rings is 1. The van der Waals surface area contributed by atoms with Crippen LogP contribution in [0.15, 0.2) is 57.8 Å². The van der Waals surface area contributed by atoms with E-state index in [1.807, 2.05) is 44.2 Å². The van der Waals surface area contributed by atoms with E-state index in [1.54, 1.807) is 13.0 Å². The molecule has 3 unspecified atom stereocenters. The molecule has 0 amide bonds. The third-order valence-corrected chi connectivity index (χ3v) is 9.79. The molecule has 3 aromatic rings. The molecular formula is C31H40N2O9S. The predicted octanol–water partition coefficient (Wildman–Crippen LogP) is 3.06. The molecule has 0 spiro atoms. The van der Waals surface area contributed by atoms with Gasteiger partial charge in [0.15, 0.2) is 17.8 Å². The molecule has 2 aromatic carbocycles. The lowest BCUT2D eigenvalue weighted by Gasteiger charge is -2.34. The summed E-state index contributed by atoms with van der Waals surface area (Å²) in [7, 11) is -4.03. The van der Waals surface area contributed by atoms with Gasteiger partial charge in [-0.1, -0.05) is 44.2 Å². The first-order valence-electron chi connectivity index (χ1n) is 14.7. The Morgan fingerprint density at radius 2 is 1.91 bits per heavy atom. The normalized spacial score (nSPS) is 23.9. The fraction of sp³-hybridized carbons (Fsp3) is 0.548. The van der Waals surface area contributed by atoms with E-state index in [2.05, 4.69) is 4.98 Å². The smallest absolute Gasteiger partial charge is 0.306 e. The minimum absolute atomic E-state index is 0.0303. The maximum absolute atomic E-state index is 13.9. The molecule has 0 radical (unpaired) electrons. The van der Waals surface area contributed by atoms with Crippen molar-refractivity contribution in [2.75, 3.05) is 26.3 Å². The average molecular weight is 617 g/mol. The highest BCUT2D eigenvalue weighted by Crippen LogP contribution is 2.34. The number of benzene rings is 2. The molecule has 2 fully saturated rings. The molecule has 11 nitrogen and oxygen atoms in total. The SMILES string of the molecule is Cc1nc2ccc(S(=O)(=O)N(CC(C)C)C[C@@H](O)[C@@H](CC(=O)OC3CCO[C@H]4OCC(O)C34)Cc3ccccc3)cc2o1. The lowest BCUT2D eigenvalue weighted by molar-refractivity contribution is -0.199. The third-order valence-electron chi connectivity index (χ3n) is 7.96. The number of sulfonamides is 1. The van der Waals surface area contributed by atoms with Crippen LogP contribution in [0.25, 0.3) is 11.1 Å². The number of rotatable bonds is 12. The molecule has 0 saturated carbocycles. The maximum Gasteiger partial charge on any atom is 0.306 e. The van der Waals surface area contributed by atoms with Crippen LogP contribution in [0.2, 0.25) is 0 Å². The van der Waals surface area contributed by atoms with Gasteiger partial charge in [-0.05, 0) is 30.0 Å². The molecule has 2 saturated heterocycles. The summed E-state index contributed by atoms with van der Waals surface area (Å²) < 4.78 is 51.4. The number of ether oxygens (including phenoxy) is 3. The van der Waals surface area contributed by atoms with E-state index < -0.39 is 52.4 Å². The summed E-state index contributed by atoms with van der Waals surface area (Å²) >= 11 is 0. The van der Waals surface area contributed by atoms with Crippen LogP contribution in [-0.4, -0.2) is 84.8 Å². The summed E-state index contributed by atoms with van der Waals surface area (Å²) in [5.74, 6) is -1.25. The van der Waals surface area contributed by atoms with E-state index >= 15 is 0 Å². The van der Waals surface area contributed by atoms with Gasteiger partial charge in [0.25, 0.3) is 0 Å². The standard InChI is InChI=1S/C31H40N2O9S/c1-19(2)16-33(43(37,38)23-9-10-24-28(15-23)41-20(3)32-24)17-25(34)22(13-21-7-5-4-6-8-21)14-29(36)42-27-11-12-39-31-30(27)26(35)18-40-31/h4-10,15,19,22,25-27,30-31,34-35H,11-14,16-18H2,1-3H3/t22-,25-,26?,27?,30?,31+/m1/s1. The van der Waals surface area contributed by atoms with Gasteiger partial charge in [-0.2, -0.15) is 4.31 Å². The molecule has 6 atom stereocenters. The predicted molar refractivity (Wildman–Crippen MR) is 156 cm³/mol. The second kappa shape index (κ2) is 13.4. The monoisotopic (exact) mass is 616 g/mol. The Balaban J connectivity index is 1.35. The molecule has 3 heterocycles. The molecule has 1 aromatic heterocycles. The van der Waals surface area contributed by atoms with Gasteiger partial charge in [0.2, 0.25) is 10.0 Å². The lowest BCUT2D eigenvalue weighted by Crippen LogP contribution is -2.45. The van der Waals surface area contributed by atoms with Crippen LogP contribution >= 0.6 is 0 Å². The van der Waals surface area contributed by atoms with Gasteiger partial charge in [-0.25, -0.2) is 13.4 Å². The van der Waals surface area contributed by atoms with Gasteiger partial charge in [-0.3, -0.25) is 4.79 Å². The molecule has 12 heteroatoms. The number of carbonyl (C=O) groups is 1. The fourth-order valence-electron chi connectivity index (χ4n) is 5.87. The first kappa shape index (κ1) is 31.6. The summed E-state index contributed by atoms with van der Waals surface area (Å²) in [6.07, 6.45) is -2.56. The number of aliphatic hydroxyl groups excluding tert-OH is 2. The number of fused-ring (bicyclic) bond motifs is 2. The van der Waals surface area contributed by atoms with Gasteiger partial charge >= 0.3 is 5.97 Å². The van der Waals surface area contributed by atoms with E-state index in [0.717, 1.165) is 5.56 Å². The number of esters is 1. The molecular weight excluding hydrogens is 576 g/mol.